The summed E-state index contributed by atoms with van der Waals surface area (Å²) in [7, 11) is 0. The largest absolute Gasteiger partial charge is 0.457 e. The summed E-state index contributed by atoms with van der Waals surface area (Å²) in [6.07, 6.45) is -10.3. The predicted octanol–water partition coefficient (Wildman–Crippen LogP) is 4.96. The molecule has 2 heterocycles. The monoisotopic (exact) mass is 415 g/mol. The molecule has 4 rings (SSSR count). The molecule has 0 fully saturated rings. The van der Waals surface area contributed by atoms with Crippen LogP contribution in [0.1, 0.15) is 39.0 Å². The van der Waals surface area contributed by atoms with E-state index in [0.29, 0.717) is 28.8 Å². The Morgan fingerprint density at radius 2 is 1.66 bits per heavy atom. The van der Waals surface area contributed by atoms with Gasteiger partial charge in [0, 0.05) is 17.5 Å². The van der Waals surface area contributed by atoms with Gasteiger partial charge in [-0.1, -0.05) is 23.4 Å². The minimum absolute atomic E-state index is 0.000534. The Labute approximate surface area is 159 Å². The lowest BCUT2D eigenvalue weighted by atomic mass is 9.86. The van der Waals surface area contributed by atoms with Gasteiger partial charge in [-0.2, -0.15) is 26.3 Å². The summed E-state index contributed by atoms with van der Waals surface area (Å²) < 4.78 is 84.8. The highest BCUT2D eigenvalue weighted by Crippen LogP contribution is 2.49. The highest BCUT2D eigenvalue weighted by atomic mass is 19.4. The lowest BCUT2D eigenvalue weighted by Gasteiger charge is -2.29. The van der Waals surface area contributed by atoms with Gasteiger partial charge in [0.05, 0.1) is 16.8 Å². The maximum atomic E-state index is 13.9. The van der Waals surface area contributed by atoms with Crippen LogP contribution in [0.25, 0.3) is 0 Å². The predicted molar refractivity (Wildman–Crippen MR) is 87.0 cm³/mol. The van der Waals surface area contributed by atoms with E-state index in [-0.39, 0.29) is 12.3 Å². The molecule has 2 aliphatic rings. The standard InChI is InChI=1S/C19H11F6NO3/c20-18(21,22)13-4-2-12(3-5-13)17(19(23,24)25)8-15(26-29-17)10-1-6-14-11(7-10)9-28-16(14)27/h1-7H,8-9H2. The van der Waals surface area contributed by atoms with Crippen molar-refractivity contribution in [3.8, 4) is 0 Å². The molecule has 2 aromatic rings. The molecular formula is C19H11F6NO3. The summed E-state index contributed by atoms with van der Waals surface area (Å²) >= 11 is 0. The Balaban J connectivity index is 1.68. The molecule has 0 saturated carbocycles. The number of alkyl halides is 6. The summed E-state index contributed by atoms with van der Waals surface area (Å²) in [6, 6.07) is 6.96. The average Bonchev–Trinajstić information content (AvgIpc) is 3.26. The van der Waals surface area contributed by atoms with E-state index in [2.05, 4.69) is 5.16 Å². The first kappa shape index (κ1) is 19.3. The fraction of sp³-hybridized carbons (Fsp3) is 0.263. The zero-order valence-corrected chi connectivity index (χ0v) is 14.4. The van der Waals surface area contributed by atoms with E-state index >= 15 is 0 Å². The van der Waals surface area contributed by atoms with E-state index in [1.807, 2.05) is 0 Å². The zero-order chi connectivity index (χ0) is 21.0. The number of hydrogen-bond acceptors (Lipinski definition) is 4. The van der Waals surface area contributed by atoms with E-state index < -0.39 is 41.5 Å². The first-order valence-corrected chi connectivity index (χ1v) is 8.31. The summed E-state index contributed by atoms with van der Waals surface area (Å²) in [5.41, 5.74) is -3.37. The molecule has 0 bridgehead atoms. The number of benzene rings is 2. The van der Waals surface area contributed by atoms with Crippen molar-refractivity contribution in [2.45, 2.75) is 31.0 Å². The normalized spacial score (nSPS) is 21.4. The summed E-state index contributed by atoms with van der Waals surface area (Å²) in [4.78, 5) is 16.3. The number of rotatable bonds is 2. The lowest BCUT2D eigenvalue weighted by molar-refractivity contribution is -0.275. The highest BCUT2D eigenvalue weighted by Gasteiger charge is 2.62. The van der Waals surface area contributed by atoms with E-state index in [4.69, 9.17) is 9.57 Å². The van der Waals surface area contributed by atoms with Crippen molar-refractivity contribution in [1.29, 1.82) is 0 Å². The van der Waals surface area contributed by atoms with E-state index in [1.54, 1.807) is 0 Å². The van der Waals surface area contributed by atoms with Gasteiger partial charge in [0.1, 0.15) is 6.61 Å². The van der Waals surface area contributed by atoms with Crippen molar-refractivity contribution < 1.29 is 40.7 Å². The molecule has 2 aromatic carbocycles. The van der Waals surface area contributed by atoms with Crippen LogP contribution in [0.3, 0.4) is 0 Å². The fourth-order valence-corrected chi connectivity index (χ4v) is 3.30. The lowest BCUT2D eigenvalue weighted by Crippen LogP contribution is -2.42. The van der Waals surface area contributed by atoms with Gasteiger partial charge in [-0.3, -0.25) is 0 Å². The number of halogens is 6. The molecular weight excluding hydrogens is 404 g/mol. The quantitative estimate of drug-likeness (QED) is 0.515. The van der Waals surface area contributed by atoms with Crippen molar-refractivity contribution in [1.82, 2.24) is 0 Å². The van der Waals surface area contributed by atoms with Gasteiger partial charge in [0.15, 0.2) is 0 Å². The maximum absolute atomic E-state index is 13.9. The summed E-state index contributed by atoms with van der Waals surface area (Å²) in [6.45, 7) is -0.000534. The minimum atomic E-state index is -4.94. The smallest absolute Gasteiger partial charge is 0.435 e. The second-order valence-electron chi connectivity index (χ2n) is 6.65. The molecule has 2 aliphatic heterocycles. The zero-order valence-electron chi connectivity index (χ0n) is 14.4. The fourth-order valence-electron chi connectivity index (χ4n) is 3.30. The van der Waals surface area contributed by atoms with Gasteiger partial charge in [0.2, 0.25) is 0 Å². The molecule has 1 atom stereocenters. The number of carbonyl (C=O) groups is 1. The third-order valence-electron chi connectivity index (χ3n) is 4.88. The van der Waals surface area contributed by atoms with Crippen LogP contribution in [0.15, 0.2) is 47.6 Å². The van der Waals surface area contributed by atoms with Crippen molar-refractivity contribution in [3.05, 3.63) is 70.3 Å². The Morgan fingerprint density at radius 3 is 2.28 bits per heavy atom. The van der Waals surface area contributed by atoms with Crippen LogP contribution in [0, 0.1) is 0 Å². The number of carbonyl (C=O) groups excluding carboxylic acids is 1. The van der Waals surface area contributed by atoms with Crippen molar-refractivity contribution in [2.75, 3.05) is 0 Å². The van der Waals surface area contributed by atoms with Gasteiger partial charge in [-0.15, -0.1) is 0 Å². The summed E-state index contributed by atoms with van der Waals surface area (Å²) in [5, 5.41) is 3.57. The molecule has 0 saturated heterocycles. The van der Waals surface area contributed by atoms with Crippen LogP contribution in [-0.2, 0) is 28.0 Å². The van der Waals surface area contributed by atoms with Crippen molar-refractivity contribution in [2.24, 2.45) is 5.16 Å². The topological polar surface area (TPSA) is 47.9 Å². The molecule has 0 aromatic heterocycles. The number of nitrogens with zero attached hydrogens (tertiary/aromatic N) is 1. The second kappa shape index (κ2) is 6.23. The Bertz CT molecular complexity index is 1010. The van der Waals surface area contributed by atoms with Crippen molar-refractivity contribution >= 4 is 11.7 Å². The van der Waals surface area contributed by atoms with Crippen LogP contribution in [0.2, 0.25) is 0 Å². The van der Waals surface area contributed by atoms with E-state index in [0.717, 1.165) is 12.1 Å². The number of ether oxygens (including phenoxy) is 1. The maximum Gasteiger partial charge on any atom is 0.435 e. The van der Waals surface area contributed by atoms with E-state index in [1.165, 1.54) is 18.2 Å². The van der Waals surface area contributed by atoms with Gasteiger partial charge in [-0.25, -0.2) is 4.79 Å². The molecule has 1 unspecified atom stereocenters. The van der Waals surface area contributed by atoms with Crippen molar-refractivity contribution in [3.63, 3.8) is 0 Å². The highest BCUT2D eigenvalue weighted by molar-refractivity contribution is 6.03. The first-order chi connectivity index (χ1) is 13.5. The molecule has 0 N–H and O–H groups in total. The molecule has 29 heavy (non-hydrogen) atoms. The molecule has 0 radical (unpaired) electrons. The SMILES string of the molecule is O=C1OCc2cc(C3=NOC(c4ccc(C(F)(F)F)cc4)(C(F)(F)F)C3)ccc21. The summed E-state index contributed by atoms with van der Waals surface area (Å²) in [5.74, 6) is -0.523. The van der Waals surface area contributed by atoms with Gasteiger partial charge in [0.25, 0.3) is 5.60 Å². The molecule has 0 aliphatic carbocycles. The van der Waals surface area contributed by atoms with Gasteiger partial charge < -0.3 is 9.57 Å². The first-order valence-electron chi connectivity index (χ1n) is 8.31. The Kier molecular flexibility index (Phi) is 4.14. The van der Waals surface area contributed by atoms with Crippen LogP contribution in [0.4, 0.5) is 26.3 Å². The Hall–Kier alpha value is -3.04. The number of oxime groups is 1. The number of esters is 1. The molecule has 10 heteroatoms. The van der Waals surface area contributed by atoms with Gasteiger partial charge in [-0.05, 0) is 29.8 Å². The number of fused-ring (bicyclic) bond motifs is 1. The van der Waals surface area contributed by atoms with Gasteiger partial charge >= 0.3 is 18.3 Å². The number of hydrogen-bond donors (Lipinski definition) is 0. The van der Waals surface area contributed by atoms with Crippen LogP contribution < -0.4 is 0 Å². The van der Waals surface area contributed by atoms with Crippen LogP contribution in [0.5, 0.6) is 0 Å². The third-order valence-corrected chi connectivity index (χ3v) is 4.88. The molecule has 0 spiro atoms. The molecule has 152 valence electrons. The minimum Gasteiger partial charge on any atom is -0.457 e. The third kappa shape index (κ3) is 3.12. The Morgan fingerprint density at radius 1 is 0.966 bits per heavy atom. The second-order valence-corrected chi connectivity index (χ2v) is 6.65. The molecule has 0 amide bonds. The average molecular weight is 415 g/mol. The van der Waals surface area contributed by atoms with Crippen LogP contribution in [-0.4, -0.2) is 17.9 Å². The number of cyclic esters (lactones) is 1. The van der Waals surface area contributed by atoms with E-state index in [9.17, 15) is 31.1 Å². The van der Waals surface area contributed by atoms with Crippen LogP contribution >= 0.6 is 0 Å². The molecule has 4 nitrogen and oxygen atoms in total.